The zero-order valence-electron chi connectivity index (χ0n) is 18.0. The van der Waals surface area contributed by atoms with Crippen molar-refractivity contribution in [3.05, 3.63) is 72.1 Å². The first-order valence-corrected chi connectivity index (χ1v) is 10.2. The third kappa shape index (κ3) is 3.80. The second-order valence-corrected chi connectivity index (χ2v) is 8.18. The summed E-state index contributed by atoms with van der Waals surface area (Å²) in [6, 6.07) is 11.3. The van der Waals surface area contributed by atoms with Crippen LogP contribution in [0.1, 0.15) is 44.9 Å². The standard InChI is InChI=1S/C25H26FN3O/c1-15(2)22-8-6-19(12-27-22)23-13-28-25-10-17(5)20(14-29(23)25)18-7-9-24(21(26)11-18)30-16(3)4/h6-16H,1-5H3. The molecule has 0 bridgehead atoms. The lowest BCUT2D eigenvalue weighted by Gasteiger charge is -2.13. The topological polar surface area (TPSA) is 39.4 Å². The molecule has 0 N–H and O–H groups in total. The highest BCUT2D eigenvalue weighted by atomic mass is 19.1. The van der Waals surface area contributed by atoms with E-state index in [1.54, 1.807) is 6.07 Å². The number of ether oxygens (including phenoxy) is 1. The van der Waals surface area contributed by atoms with Crippen LogP contribution in [0.4, 0.5) is 4.39 Å². The Morgan fingerprint density at radius 3 is 2.33 bits per heavy atom. The number of rotatable bonds is 5. The van der Waals surface area contributed by atoms with Crippen molar-refractivity contribution in [2.45, 2.75) is 46.6 Å². The molecular formula is C25H26FN3O. The minimum atomic E-state index is -0.361. The van der Waals surface area contributed by atoms with Gasteiger partial charge in [0.25, 0.3) is 0 Å². The molecule has 3 heterocycles. The maximum Gasteiger partial charge on any atom is 0.165 e. The number of aryl methyl sites for hydroxylation is 1. The molecule has 1 aromatic carbocycles. The molecule has 0 saturated heterocycles. The van der Waals surface area contributed by atoms with Crippen LogP contribution in [0.5, 0.6) is 5.75 Å². The van der Waals surface area contributed by atoms with Crippen LogP contribution in [0.2, 0.25) is 0 Å². The van der Waals surface area contributed by atoms with Gasteiger partial charge in [-0.15, -0.1) is 0 Å². The van der Waals surface area contributed by atoms with E-state index in [-0.39, 0.29) is 17.7 Å². The molecular weight excluding hydrogens is 377 g/mol. The van der Waals surface area contributed by atoms with E-state index in [1.807, 2.05) is 55.9 Å². The molecule has 0 spiro atoms. The lowest BCUT2D eigenvalue weighted by molar-refractivity contribution is 0.231. The van der Waals surface area contributed by atoms with E-state index in [0.717, 1.165) is 39.3 Å². The Morgan fingerprint density at radius 1 is 0.933 bits per heavy atom. The number of hydrogen-bond donors (Lipinski definition) is 0. The van der Waals surface area contributed by atoms with Crippen LogP contribution in [0.3, 0.4) is 0 Å². The summed E-state index contributed by atoms with van der Waals surface area (Å²) in [5.74, 6) is 0.292. The average molecular weight is 404 g/mol. The van der Waals surface area contributed by atoms with Gasteiger partial charge >= 0.3 is 0 Å². The second-order valence-electron chi connectivity index (χ2n) is 8.18. The summed E-state index contributed by atoms with van der Waals surface area (Å²) in [6.45, 7) is 10.0. The first kappa shape index (κ1) is 20.1. The van der Waals surface area contributed by atoms with Crippen LogP contribution in [-0.4, -0.2) is 20.5 Å². The molecule has 0 aliphatic rings. The zero-order chi connectivity index (χ0) is 21.4. The fourth-order valence-electron chi connectivity index (χ4n) is 3.55. The van der Waals surface area contributed by atoms with Crippen molar-refractivity contribution in [3.8, 4) is 28.1 Å². The van der Waals surface area contributed by atoms with Gasteiger partial charge in [0.1, 0.15) is 5.65 Å². The molecule has 0 amide bonds. The Morgan fingerprint density at radius 2 is 1.70 bits per heavy atom. The van der Waals surface area contributed by atoms with E-state index in [9.17, 15) is 4.39 Å². The lowest BCUT2D eigenvalue weighted by Crippen LogP contribution is -2.06. The minimum Gasteiger partial charge on any atom is -0.488 e. The summed E-state index contributed by atoms with van der Waals surface area (Å²) < 4.78 is 22.1. The number of fused-ring (bicyclic) bond motifs is 1. The van der Waals surface area contributed by atoms with E-state index >= 15 is 0 Å². The van der Waals surface area contributed by atoms with Gasteiger partial charge in [-0.05, 0) is 68.1 Å². The normalized spacial score (nSPS) is 11.6. The predicted molar refractivity (Wildman–Crippen MR) is 118 cm³/mol. The SMILES string of the molecule is Cc1cc2ncc(-c3ccc(C(C)C)nc3)n2cc1-c1ccc(OC(C)C)c(F)c1. The number of nitrogens with zero attached hydrogens (tertiary/aromatic N) is 3. The summed E-state index contributed by atoms with van der Waals surface area (Å²) in [4.78, 5) is 9.13. The van der Waals surface area contributed by atoms with Gasteiger partial charge in [0.05, 0.1) is 18.0 Å². The fraction of sp³-hybridized carbons (Fsp3) is 0.280. The monoisotopic (exact) mass is 403 g/mol. The summed E-state index contributed by atoms with van der Waals surface area (Å²) in [7, 11) is 0. The van der Waals surface area contributed by atoms with Crippen LogP contribution in [0.25, 0.3) is 28.0 Å². The molecule has 0 radical (unpaired) electrons. The van der Waals surface area contributed by atoms with Crippen molar-refractivity contribution in [2.24, 2.45) is 0 Å². The molecule has 30 heavy (non-hydrogen) atoms. The highest BCUT2D eigenvalue weighted by Gasteiger charge is 2.13. The smallest absolute Gasteiger partial charge is 0.165 e. The summed E-state index contributed by atoms with van der Waals surface area (Å²) in [6.07, 6.45) is 5.68. The summed E-state index contributed by atoms with van der Waals surface area (Å²) in [5, 5.41) is 0. The minimum absolute atomic E-state index is 0.0763. The Labute approximate surface area is 176 Å². The maximum absolute atomic E-state index is 14.6. The molecule has 0 atom stereocenters. The van der Waals surface area contributed by atoms with Crippen LogP contribution >= 0.6 is 0 Å². The maximum atomic E-state index is 14.6. The van der Waals surface area contributed by atoms with Crippen LogP contribution in [0.15, 0.2) is 55.0 Å². The van der Waals surface area contributed by atoms with Gasteiger partial charge in [-0.3, -0.25) is 9.38 Å². The van der Waals surface area contributed by atoms with Gasteiger partial charge < -0.3 is 4.74 Å². The molecule has 4 rings (SSSR count). The predicted octanol–water partition coefficient (Wildman–Crippen LogP) is 6.42. The third-order valence-electron chi connectivity index (χ3n) is 5.13. The van der Waals surface area contributed by atoms with E-state index in [4.69, 9.17) is 4.74 Å². The van der Waals surface area contributed by atoms with Crippen molar-refractivity contribution in [1.82, 2.24) is 14.4 Å². The van der Waals surface area contributed by atoms with Crippen molar-refractivity contribution >= 4 is 5.65 Å². The lowest BCUT2D eigenvalue weighted by atomic mass is 10.0. The van der Waals surface area contributed by atoms with Crippen LogP contribution in [0, 0.1) is 12.7 Å². The number of pyridine rings is 2. The molecule has 4 aromatic rings. The molecule has 4 nitrogen and oxygen atoms in total. The molecule has 0 unspecified atom stereocenters. The van der Waals surface area contributed by atoms with Gasteiger partial charge in [-0.25, -0.2) is 9.37 Å². The highest BCUT2D eigenvalue weighted by Crippen LogP contribution is 2.31. The number of hydrogen-bond acceptors (Lipinski definition) is 3. The van der Waals surface area contributed by atoms with E-state index in [0.29, 0.717) is 5.92 Å². The van der Waals surface area contributed by atoms with Crippen molar-refractivity contribution in [2.75, 3.05) is 0 Å². The Kier molecular flexibility index (Phi) is 5.29. The number of halogens is 1. The van der Waals surface area contributed by atoms with Crippen LogP contribution < -0.4 is 4.74 Å². The summed E-state index contributed by atoms with van der Waals surface area (Å²) >= 11 is 0. The van der Waals surface area contributed by atoms with E-state index < -0.39 is 0 Å². The second kappa shape index (κ2) is 7.90. The van der Waals surface area contributed by atoms with Crippen molar-refractivity contribution in [1.29, 1.82) is 0 Å². The molecule has 154 valence electrons. The van der Waals surface area contributed by atoms with Gasteiger partial charge in [0, 0.05) is 29.2 Å². The highest BCUT2D eigenvalue weighted by molar-refractivity contribution is 5.72. The molecule has 0 fully saturated rings. The van der Waals surface area contributed by atoms with Crippen LogP contribution in [-0.2, 0) is 0 Å². The quantitative estimate of drug-likeness (QED) is 0.386. The first-order valence-electron chi connectivity index (χ1n) is 10.2. The Hall–Kier alpha value is -3.21. The van der Waals surface area contributed by atoms with Crippen molar-refractivity contribution in [3.63, 3.8) is 0 Å². The number of imidazole rings is 1. The molecule has 5 heteroatoms. The van der Waals surface area contributed by atoms with E-state index in [1.165, 1.54) is 6.07 Å². The Balaban J connectivity index is 1.78. The van der Waals surface area contributed by atoms with Gasteiger partial charge in [0.15, 0.2) is 11.6 Å². The average Bonchev–Trinajstić information content (AvgIpc) is 3.11. The first-order chi connectivity index (χ1) is 14.3. The van der Waals surface area contributed by atoms with Gasteiger partial charge in [-0.1, -0.05) is 19.9 Å². The third-order valence-corrected chi connectivity index (χ3v) is 5.13. The Bertz CT molecular complexity index is 1190. The van der Waals surface area contributed by atoms with Gasteiger partial charge in [-0.2, -0.15) is 0 Å². The zero-order valence-corrected chi connectivity index (χ0v) is 18.0. The molecule has 0 saturated carbocycles. The fourth-order valence-corrected chi connectivity index (χ4v) is 3.55. The van der Waals surface area contributed by atoms with Gasteiger partial charge in [0.2, 0.25) is 0 Å². The molecule has 0 aliphatic carbocycles. The summed E-state index contributed by atoms with van der Waals surface area (Å²) in [5.41, 5.74) is 6.63. The largest absolute Gasteiger partial charge is 0.488 e. The molecule has 0 aliphatic heterocycles. The number of benzene rings is 1. The van der Waals surface area contributed by atoms with E-state index in [2.05, 4.69) is 35.9 Å². The van der Waals surface area contributed by atoms with Crippen molar-refractivity contribution < 1.29 is 9.13 Å². The molecule has 3 aromatic heterocycles. The number of aromatic nitrogens is 3.